The van der Waals surface area contributed by atoms with E-state index in [0.29, 0.717) is 0 Å². The highest BCUT2D eigenvalue weighted by Crippen LogP contribution is 2.17. The first-order valence-electron chi connectivity index (χ1n) is 7.84. The molecule has 22 heavy (non-hydrogen) atoms. The average Bonchev–Trinajstić information content (AvgIpc) is 2.55. The predicted molar refractivity (Wildman–Crippen MR) is 91.4 cm³/mol. The van der Waals surface area contributed by atoms with Gasteiger partial charge < -0.3 is 9.84 Å². The van der Waals surface area contributed by atoms with Crippen LogP contribution in [0.2, 0.25) is 0 Å². The number of unbranched alkanes of at least 4 members (excludes halogenated alkanes) is 3. The van der Waals surface area contributed by atoms with Crippen molar-refractivity contribution in [2.45, 2.75) is 32.6 Å². The number of hydrogen-bond donors (Lipinski definition) is 1. The summed E-state index contributed by atoms with van der Waals surface area (Å²) in [6.07, 6.45) is 6.66. The molecule has 0 aromatic heterocycles. The normalized spacial score (nSPS) is 11.0. The Morgan fingerprint density at radius 1 is 0.955 bits per heavy atom. The van der Waals surface area contributed by atoms with Crippen LogP contribution in [0.1, 0.15) is 38.2 Å². The van der Waals surface area contributed by atoms with E-state index in [2.05, 4.69) is 11.9 Å². The Morgan fingerprint density at radius 3 is 2.36 bits per heavy atom. The highest BCUT2D eigenvalue weighted by Gasteiger charge is 1.95. The number of aliphatic imine (C=N–C) groups is 1. The molecular formula is C19H23NO2. The second-order valence-corrected chi connectivity index (χ2v) is 5.25. The zero-order valence-corrected chi connectivity index (χ0v) is 13.0. The highest BCUT2D eigenvalue weighted by molar-refractivity contribution is 5.82. The van der Waals surface area contributed by atoms with E-state index in [1.54, 1.807) is 30.5 Å². The quantitative estimate of drug-likeness (QED) is 0.544. The summed E-state index contributed by atoms with van der Waals surface area (Å²) in [5, 5.41) is 9.23. The lowest BCUT2D eigenvalue weighted by molar-refractivity contribution is 0.305. The Morgan fingerprint density at radius 2 is 1.68 bits per heavy atom. The standard InChI is InChI=1S/C19H23NO2/c1-2-3-4-5-14-22-19-12-6-16(7-13-19)15-20-17-8-10-18(21)11-9-17/h6-13,15,21H,2-5,14H2,1H3. The summed E-state index contributed by atoms with van der Waals surface area (Å²) in [4.78, 5) is 4.37. The zero-order valence-electron chi connectivity index (χ0n) is 13.0. The molecule has 3 heteroatoms. The van der Waals surface area contributed by atoms with Crippen LogP contribution in [0.5, 0.6) is 11.5 Å². The van der Waals surface area contributed by atoms with Crippen molar-refractivity contribution >= 4 is 11.9 Å². The van der Waals surface area contributed by atoms with Gasteiger partial charge in [-0.2, -0.15) is 0 Å². The van der Waals surface area contributed by atoms with E-state index in [9.17, 15) is 5.11 Å². The fourth-order valence-electron chi connectivity index (χ4n) is 2.06. The van der Waals surface area contributed by atoms with Gasteiger partial charge in [0, 0.05) is 6.21 Å². The van der Waals surface area contributed by atoms with Crippen molar-refractivity contribution in [3.05, 3.63) is 54.1 Å². The van der Waals surface area contributed by atoms with Gasteiger partial charge in [-0.05, 0) is 60.5 Å². The molecule has 0 amide bonds. The van der Waals surface area contributed by atoms with Gasteiger partial charge in [0.05, 0.1) is 12.3 Å². The molecule has 0 spiro atoms. The van der Waals surface area contributed by atoms with Crippen molar-refractivity contribution in [1.29, 1.82) is 0 Å². The molecule has 0 aliphatic heterocycles. The molecule has 0 unspecified atom stereocenters. The molecule has 0 atom stereocenters. The van der Waals surface area contributed by atoms with Crippen molar-refractivity contribution in [2.24, 2.45) is 4.99 Å². The van der Waals surface area contributed by atoms with E-state index in [-0.39, 0.29) is 5.75 Å². The molecule has 0 aliphatic carbocycles. The molecule has 1 N–H and O–H groups in total. The van der Waals surface area contributed by atoms with E-state index >= 15 is 0 Å². The van der Waals surface area contributed by atoms with Crippen LogP contribution in [0.3, 0.4) is 0 Å². The van der Waals surface area contributed by atoms with Crippen LogP contribution in [-0.4, -0.2) is 17.9 Å². The summed E-state index contributed by atoms with van der Waals surface area (Å²) >= 11 is 0. The van der Waals surface area contributed by atoms with Crippen molar-refractivity contribution in [2.75, 3.05) is 6.61 Å². The first kappa shape index (κ1) is 16.1. The van der Waals surface area contributed by atoms with Crippen LogP contribution >= 0.6 is 0 Å². The Hall–Kier alpha value is -2.29. The maximum absolute atomic E-state index is 9.23. The number of nitrogens with zero attached hydrogens (tertiary/aromatic N) is 1. The summed E-state index contributed by atoms with van der Waals surface area (Å²) in [6.45, 7) is 2.99. The third-order valence-corrected chi connectivity index (χ3v) is 3.36. The maximum atomic E-state index is 9.23. The average molecular weight is 297 g/mol. The molecule has 0 heterocycles. The van der Waals surface area contributed by atoms with Crippen LogP contribution in [-0.2, 0) is 0 Å². The molecule has 116 valence electrons. The maximum Gasteiger partial charge on any atom is 0.119 e. The first-order chi connectivity index (χ1) is 10.8. The van der Waals surface area contributed by atoms with Crippen LogP contribution in [0.25, 0.3) is 0 Å². The predicted octanol–water partition coefficient (Wildman–Crippen LogP) is 5.10. The number of phenolic OH excluding ortho intramolecular Hbond substituents is 1. The van der Waals surface area contributed by atoms with Gasteiger partial charge in [-0.15, -0.1) is 0 Å². The van der Waals surface area contributed by atoms with E-state index in [1.165, 1.54) is 19.3 Å². The lowest BCUT2D eigenvalue weighted by atomic mass is 10.2. The van der Waals surface area contributed by atoms with E-state index in [0.717, 1.165) is 30.0 Å². The van der Waals surface area contributed by atoms with Crippen molar-refractivity contribution in [3.8, 4) is 11.5 Å². The third-order valence-electron chi connectivity index (χ3n) is 3.36. The summed E-state index contributed by atoms with van der Waals surface area (Å²) in [5.74, 6) is 1.15. The summed E-state index contributed by atoms with van der Waals surface area (Å²) in [5.41, 5.74) is 1.83. The number of ether oxygens (including phenoxy) is 1. The smallest absolute Gasteiger partial charge is 0.119 e. The second kappa shape index (κ2) is 8.88. The van der Waals surface area contributed by atoms with Crippen LogP contribution in [0, 0.1) is 0 Å². The number of phenols is 1. The lowest BCUT2D eigenvalue weighted by Gasteiger charge is -2.05. The molecule has 0 saturated heterocycles. The van der Waals surface area contributed by atoms with Gasteiger partial charge in [0.15, 0.2) is 0 Å². The number of aromatic hydroxyl groups is 1. The first-order valence-corrected chi connectivity index (χ1v) is 7.84. The van der Waals surface area contributed by atoms with Crippen molar-refractivity contribution < 1.29 is 9.84 Å². The van der Waals surface area contributed by atoms with E-state index < -0.39 is 0 Å². The molecule has 2 rings (SSSR count). The topological polar surface area (TPSA) is 41.8 Å². The van der Waals surface area contributed by atoms with Gasteiger partial charge >= 0.3 is 0 Å². The molecule has 2 aromatic carbocycles. The highest BCUT2D eigenvalue weighted by atomic mass is 16.5. The molecule has 3 nitrogen and oxygen atoms in total. The Labute approximate surface area is 132 Å². The fraction of sp³-hybridized carbons (Fsp3) is 0.316. The van der Waals surface area contributed by atoms with E-state index in [1.807, 2.05) is 24.3 Å². The van der Waals surface area contributed by atoms with E-state index in [4.69, 9.17) is 4.74 Å². The van der Waals surface area contributed by atoms with Crippen molar-refractivity contribution in [1.82, 2.24) is 0 Å². The minimum Gasteiger partial charge on any atom is -0.508 e. The fourth-order valence-corrected chi connectivity index (χ4v) is 2.06. The van der Waals surface area contributed by atoms with Crippen LogP contribution in [0.15, 0.2) is 53.5 Å². The molecular weight excluding hydrogens is 274 g/mol. The summed E-state index contributed by atoms with van der Waals surface area (Å²) in [6, 6.07) is 14.7. The second-order valence-electron chi connectivity index (χ2n) is 5.25. The number of hydrogen-bond acceptors (Lipinski definition) is 3. The minimum absolute atomic E-state index is 0.249. The van der Waals surface area contributed by atoms with Crippen LogP contribution < -0.4 is 4.74 Å². The number of benzene rings is 2. The van der Waals surface area contributed by atoms with Gasteiger partial charge in [0.1, 0.15) is 11.5 Å². The molecule has 0 saturated carbocycles. The SMILES string of the molecule is CCCCCCOc1ccc(C=Nc2ccc(O)cc2)cc1. The largest absolute Gasteiger partial charge is 0.508 e. The molecule has 2 aromatic rings. The summed E-state index contributed by atoms with van der Waals surface area (Å²) < 4.78 is 5.71. The zero-order chi connectivity index (χ0) is 15.6. The third kappa shape index (κ3) is 5.60. The molecule has 0 radical (unpaired) electrons. The van der Waals surface area contributed by atoms with Gasteiger partial charge in [-0.3, -0.25) is 4.99 Å². The molecule has 0 fully saturated rings. The van der Waals surface area contributed by atoms with Gasteiger partial charge in [-0.1, -0.05) is 26.2 Å². The van der Waals surface area contributed by atoms with Gasteiger partial charge in [-0.25, -0.2) is 0 Å². The Kier molecular flexibility index (Phi) is 6.49. The monoisotopic (exact) mass is 297 g/mol. The summed E-state index contributed by atoms with van der Waals surface area (Å²) in [7, 11) is 0. The Balaban J connectivity index is 1.82. The molecule has 0 bridgehead atoms. The van der Waals surface area contributed by atoms with Crippen molar-refractivity contribution in [3.63, 3.8) is 0 Å². The van der Waals surface area contributed by atoms with Gasteiger partial charge in [0.25, 0.3) is 0 Å². The van der Waals surface area contributed by atoms with Crippen LogP contribution in [0.4, 0.5) is 5.69 Å². The minimum atomic E-state index is 0.249. The van der Waals surface area contributed by atoms with Gasteiger partial charge in [0.2, 0.25) is 0 Å². The molecule has 0 aliphatic rings. The lowest BCUT2D eigenvalue weighted by Crippen LogP contribution is -1.97. The Bertz CT molecular complexity index is 573. The number of rotatable bonds is 8.